The monoisotopic (exact) mass is 1060 g/mol. The molecule has 3 fully saturated rings. The lowest BCUT2D eigenvalue weighted by Crippen LogP contribution is -2.98. The van der Waals surface area contributed by atoms with Crippen molar-refractivity contribution < 1.29 is 47.7 Å². The zero-order valence-corrected chi connectivity index (χ0v) is 46.3. The second-order valence-corrected chi connectivity index (χ2v) is 21.5. The number of Topliss-reactive ketones (excluding diaryl/α,β-unsaturated/α-hetero) is 2. The SMILES string of the molecule is CCC(C)N=c1ccc2c(-c3ccccc3C(=O)N3CCN(C(=O)CC[C@H](NCC(C)C)C(=O)C4C(=O)[C@H](CO)[N+]45C(=O)[C@H](CC(N)=O)N5C(=O)[C@H](CCCCN)NC(C)C)CC3)c3ccc(N(CC)CC)cc3oc-2c1. The van der Waals surface area contributed by atoms with Crippen molar-refractivity contribution in [2.24, 2.45) is 22.4 Å². The van der Waals surface area contributed by atoms with Crippen LogP contribution >= 0.6 is 0 Å². The maximum absolute atomic E-state index is 14.9. The van der Waals surface area contributed by atoms with Gasteiger partial charge >= 0.3 is 5.91 Å². The quantitative estimate of drug-likeness (QED) is 0.0271. The Hall–Kier alpha value is -6.38. The molecule has 5 aliphatic rings. The number of aliphatic hydroxyl groups is 1. The van der Waals surface area contributed by atoms with Gasteiger partial charge in [-0.3, -0.25) is 33.8 Å². The third-order valence-electron chi connectivity index (χ3n) is 15.5. The number of amides is 5. The van der Waals surface area contributed by atoms with Gasteiger partial charge in [-0.25, -0.2) is 4.79 Å². The molecule has 3 saturated heterocycles. The first-order valence-electron chi connectivity index (χ1n) is 27.7. The van der Waals surface area contributed by atoms with E-state index in [4.69, 9.17) is 20.9 Å². The number of quaternary nitrogens is 1. The van der Waals surface area contributed by atoms with Crippen LogP contribution in [0, 0.1) is 5.92 Å². The van der Waals surface area contributed by atoms with E-state index in [1.807, 2.05) is 70.2 Å². The molecule has 2 aromatic carbocycles. The average molecular weight is 1060 g/mol. The Bertz CT molecular complexity index is 2860. The van der Waals surface area contributed by atoms with Gasteiger partial charge in [0.05, 0.1) is 23.9 Å². The van der Waals surface area contributed by atoms with Gasteiger partial charge in [0.15, 0.2) is 0 Å². The van der Waals surface area contributed by atoms with Crippen molar-refractivity contribution in [3.05, 3.63) is 71.6 Å². The molecule has 2 aromatic rings. The number of benzene rings is 3. The summed E-state index contributed by atoms with van der Waals surface area (Å²) in [6, 6.07) is 13.2. The second-order valence-electron chi connectivity index (χ2n) is 21.5. The van der Waals surface area contributed by atoms with Gasteiger partial charge in [0.2, 0.25) is 35.7 Å². The number of primary amides is 1. The molecule has 3 unspecified atom stereocenters. The lowest BCUT2D eigenvalue weighted by atomic mass is 9.78. The van der Waals surface area contributed by atoms with E-state index in [0.29, 0.717) is 49.3 Å². The Morgan fingerprint density at radius 2 is 1.57 bits per heavy atom. The van der Waals surface area contributed by atoms with Crippen LogP contribution in [0.25, 0.3) is 33.4 Å². The minimum absolute atomic E-state index is 0.0388. The highest BCUT2D eigenvalue weighted by Gasteiger charge is 2.83. The van der Waals surface area contributed by atoms with Crippen LogP contribution in [0.2, 0.25) is 0 Å². The van der Waals surface area contributed by atoms with Gasteiger partial charge in [-0.1, -0.05) is 59.2 Å². The number of hydrogen-bond donors (Lipinski definition) is 5. The predicted molar refractivity (Wildman–Crippen MR) is 295 cm³/mol. The van der Waals surface area contributed by atoms with E-state index in [-0.39, 0.29) is 68.8 Å². The largest absolute Gasteiger partial charge is 0.456 e. The topological polar surface area (TPSA) is 254 Å². The molecule has 0 saturated carbocycles. The van der Waals surface area contributed by atoms with Crippen molar-refractivity contribution in [3.63, 3.8) is 0 Å². The summed E-state index contributed by atoms with van der Waals surface area (Å²) in [7, 11) is 0. The third-order valence-corrected chi connectivity index (χ3v) is 15.5. The van der Waals surface area contributed by atoms with Crippen LogP contribution in [-0.2, 0) is 28.8 Å². The number of carbonyl (C=O) groups is 7. The lowest BCUT2D eigenvalue weighted by Gasteiger charge is -2.64. The van der Waals surface area contributed by atoms with Crippen molar-refractivity contribution in [2.45, 2.75) is 143 Å². The summed E-state index contributed by atoms with van der Waals surface area (Å²) in [4.78, 5) is 110. The lowest BCUT2D eigenvalue weighted by molar-refractivity contribution is -1.03. The van der Waals surface area contributed by atoms with E-state index in [9.17, 15) is 38.7 Å². The normalized spacial score (nSPS) is 21.0. The van der Waals surface area contributed by atoms with Gasteiger partial charge in [0.25, 0.3) is 17.6 Å². The third kappa shape index (κ3) is 11.9. The minimum Gasteiger partial charge on any atom is -0.456 e. The van der Waals surface area contributed by atoms with E-state index in [2.05, 4.69) is 61.4 Å². The van der Waals surface area contributed by atoms with Crippen LogP contribution in [-0.4, -0.2) is 167 Å². The molecule has 7 atom stereocenters. The molecule has 5 amide bonds. The Morgan fingerprint density at radius 3 is 2.21 bits per heavy atom. The summed E-state index contributed by atoms with van der Waals surface area (Å²) in [5.41, 5.74) is 16.0. The molecule has 0 aromatic heterocycles. The number of nitrogens with one attached hydrogen (secondary N) is 2. The van der Waals surface area contributed by atoms with E-state index in [1.165, 1.54) is 0 Å². The van der Waals surface area contributed by atoms with Gasteiger partial charge < -0.3 is 46.3 Å². The van der Waals surface area contributed by atoms with Gasteiger partial charge in [0.1, 0.15) is 18.0 Å². The van der Waals surface area contributed by atoms with Crippen molar-refractivity contribution in [1.29, 1.82) is 0 Å². The smallest absolute Gasteiger partial charge is 0.368 e. The Balaban J connectivity index is 1.11. The van der Waals surface area contributed by atoms with Crippen molar-refractivity contribution in [2.75, 3.05) is 63.9 Å². The number of hydrogen-bond acceptors (Lipinski definition) is 14. The van der Waals surface area contributed by atoms with Crippen LogP contribution in [0.3, 0.4) is 0 Å². The summed E-state index contributed by atoms with van der Waals surface area (Å²) in [6.07, 6.45) is 1.72. The first kappa shape index (κ1) is 58.3. The maximum Gasteiger partial charge on any atom is 0.368 e. The van der Waals surface area contributed by atoms with E-state index >= 15 is 0 Å². The fourth-order valence-corrected chi connectivity index (χ4v) is 11.3. The molecule has 4 aliphatic heterocycles. The number of ketones is 2. The van der Waals surface area contributed by atoms with Crippen LogP contribution in [0.15, 0.2) is 70.1 Å². The van der Waals surface area contributed by atoms with Gasteiger partial charge in [-0.2, -0.15) is 5.01 Å². The van der Waals surface area contributed by atoms with E-state index in [0.717, 1.165) is 57.6 Å². The molecule has 7 rings (SSSR count). The summed E-state index contributed by atoms with van der Waals surface area (Å²) in [5, 5.41) is 19.9. The highest BCUT2D eigenvalue weighted by Crippen LogP contribution is 2.48. The number of carbonyl (C=O) groups excluding carboxylic acids is 7. The zero-order valence-electron chi connectivity index (χ0n) is 46.3. The van der Waals surface area contributed by atoms with Crippen molar-refractivity contribution in [3.8, 4) is 22.5 Å². The summed E-state index contributed by atoms with van der Waals surface area (Å²) < 4.78 is 5.60. The fourth-order valence-electron chi connectivity index (χ4n) is 11.3. The highest BCUT2D eigenvalue weighted by molar-refractivity contribution is 6.16. The molecule has 7 N–H and O–H groups in total. The fraction of sp³-hybridized carbons (Fsp3) is 0.552. The molecule has 77 heavy (non-hydrogen) atoms. The Morgan fingerprint density at radius 1 is 0.870 bits per heavy atom. The number of rotatable bonds is 25. The van der Waals surface area contributed by atoms with Gasteiger partial charge in [-0.05, 0) is 101 Å². The van der Waals surface area contributed by atoms with Gasteiger partial charge in [0, 0.05) is 97.7 Å². The van der Waals surface area contributed by atoms with Crippen molar-refractivity contribution >= 4 is 57.8 Å². The average Bonchev–Trinajstić information content (AvgIpc) is 3.60. The predicted octanol–water partition coefficient (Wildman–Crippen LogP) is 4.15. The molecule has 19 heteroatoms. The second kappa shape index (κ2) is 25.4. The van der Waals surface area contributed by atoms with Crippen LogP contribution in [0.1, 0.15) is 111 Å². The van der Waals surface area contributed by atoms with Crippen LogP contribution in [0.5, 0.6) is 0 Å². The maximum atomic E-state index is 14.9. The molecule has 416 valence electrons. The molecule has 0 bridgehead atoms. The minimum atomic E-state index is -1.71. The number of nitrogens with zero attached hydrogens (tertiary/aromatic N) is 6. The van der Waals surface area contributed by atoms with Crippen molar-refractivity contribution in [1.82, 2.24) is 25.4 Å². The summed E-state index contributed by atoms with van der Waals surface area (Å²) in [6.45, 7) is 18.5. The van der Waals surface area contributed by atoms with Crippen LogP contribution < -0.4 is 32.4 Å². The number of fused-ring (bicyclic) bond motifs is 2. The Kier molecular flexibility index (Phi) is 19.2. The standard InChI is InChI=1S/C58H80N10O9/c1-9-37(8)63-38-19-21-42-48(30-38)77-49-31-39(64(10-2)11-3)20-22-43(49)52(42)40-16-12-13-17-41(40)56(74)66-28-26-65(27-29-66)51(71)24-23-44(61-33-35(4)5)54(72)53-55(73)47(34-69)68(53)58(76)46(32-50(60)70)67(68)57(75)45(62-36(6)7)18-14-15-25-59/h12-13,16-17,19-22,30-31,35-37,44-47,53,61-62,69H,9-11,14-15,18,23-29,32-34,59H2,1-8H3,(H-,60,70)/p+1/t37?,44-,45-,46-,47-,53?,68?/m0/s1. The number of anilines is 1. The molecule has 0 radical (unpaired) electrons. The van der Waals surface area contributed by atoms with E-state index < -0.39 is 77.1 Å². The summed E-state index contributed by atoms with van der Waals surface area (Å²) >= 11 is 0. The molecular weight excluding hydrogens is 981 g/mol. The first-order valence-corrected chi connectivity index (χ1v) is 27.7. The Labute approximate surface area is 452 Å². The highest BCUT2D eigenvalue weighted by atomic mass is 16.3. The molecule has 4 heterocycles. The zero-order chi connectivity index (χ0) is 55.9. The van der Waals surface area contributed by atoms with Gasteiger partial charge in [-0.15, -0.1) is 4.59 Å². The van der Waals surface area contributed by atoms with E-state index in [1.54, 1.807) is 9.80 Å². The molecule has 1 spiro atoms. The van der Waals surface area contributed by atoms with Crippen LogP contribution in [0.4, 0.5) is 5.69 Å². The molecular formula is C58H81N10O9+. The number of piperazine rings is 1. The number of unbranched alkanes of at least 4 members (excludes halogenated alkanes) is 1. The molecule has 1 aliphatic carbocycles. The summed E-state index contributed by atoms with van der Waals surface area (Å²) in [5.74, 6) is -3.33. The number of aliphatic hydroxyl groups excluding tert-OH is 1. The number of nitrogens with two attached hydrogens (primary N) is 2. The first-order chi connectivity index (χ1) is 36.9. The molecule has 19 nitrogen and oxygen atoms in total.